The van der Waals surface area contributed by atoms with Gasteiger partial charge in [0.2, 0.25) is 0 Å². The van der Waals surface area contributed by atoms with Gasteiger partial charge in [0.1, 0.15) is 0 Å². The van der Waals surface area contributed by atoms with Crippen molar-refractivity contribution >= 4 is 10.9 Å². The van der Waals surface area contributed by atoms with Gasteiger partial charge in [0, 0.05) is 36.8 Å². The van der Waals surface area contributed by atoms with Crippen molar-refractivity contribution in [3.8, 4) is 0 Å². The quantitative estimate of drug-likeness (QED) is 0.887. The van der Waals surface area contributed by atoms with E-state index in [0.717, 1.165) is 19.4 Å². The molecule has 1 aromatic carbocycles. The third-order valence-electron chi connectivity index (χ3n) is 5.03. The Morgan fingerprint density at radius 3 is 2.50 bits per heavy atom. The van der Waals surface area contributed by atoms with Crippen molar-refractivity contribution in [3.05, 3.63) is 35.0 Å². The van der Waals surface area contributed by atoms with Crippen molar-refractivity contribution in [1.82, 2.24) is 9.47 Å². The zero-order chi connectivity index (χ0) is 15.5. The molecule has 1 aliphatic rings. The van der Waals surface area contributed by atoms with E-state index in [1.165, 1.54) is 60.1 Å². The summed E-state index contributed by atoms with van der Waals surface area (Å²) in [6, 6.07) is 4.65. The molecule has 22 heavy (non-hydrogen) atoms. The van der Waals surface area contributed by atoms with Crippen LogP contribution < -0.4 is 0 Å². The van der Waals surface area contributed by atoms with Crippen LogP contribution in [0.5, 0.6) is 0 Å². The lowest BCUT2D eigenvalue weighted by atomic mass is 10.0. The van der Waals surface area contributed by atoms with Crippen LogP contribution in [-0.2, 0) is 13.0 Å². The Hall–Kier alpha value is -1.32. The maximum atomic E-state index is 9.13. The number of fused-ring (bicyclic) bond motifs is 1. The molecule has 0 unspecified atom stereocenters. The van der Waals surface area contributed by atoms with Crippen LogP contribution in [0.15, 0.2) is 18.3 Å². The third kappa shape index (κ3) is 3.21. The molecule has 1 aliphatic heterocycles. The van der Waals surface area contributed by atoms with Gasteiger partial charge in [0.05, 0.1) is 0 Å². The van der Waals surface area contributed by atoms with E-state index in [2.05, 4.69) is 41.6 Å². The predicted octanol–water partition coefficient (Wildman–Crippen LogP) is 3.28. The molecule has 1 saturated heterocycles. The number of aliphatic hydroxyl groups excluding tert-OH is 1. The summed E-state index contributed by atoms with van der Waals surface area (Å²) in [5.74, 6) is 0. The van der Waals surface area contributed by atoms with E-state index >= 15 is 0 Å². The Kier molecular flexibility index (Phi) is 4.84. The van der Waals surface area contributed by atoms with Crippen LogP contribution in [0.25, 0.3) is 10.9 Å². The predicted molar refractivity (Wildman–Crippen MR) is 92.5 cm³/mol. The molecule has 3 rings (SSSR count). The summed E-state index contributed by atoms with van der Waals surface area (Å²) in [5, 5.41) is 10.5. The van der Waals surface area contributed by atoms with Gasteiger partial charge in [-0.3, -0.25) is 0 Å². The first kappa shape index (κ1) is 15.6. The second-order valence-electron chi connectivity index (χ2n) is 6.68. The topological polar surface area (TPSA) is 28.4 Å². The average Bonchev–Trinajstić information content (AvgIpc) is 3.12. The maximum Gasteiger partial charge on any atom is 0.0486 e. The first-order valence-corrected chi connectivity index (χ1v) is 8.61. The molecule has 2 heterocycles. The highest BCUT2D eigenvalue weighted by molar-refractivity contribution is 5.85. The zero-order valence-corrected chi connectivity index (χ0v) is 13.9. The van der Waals surface area contributed by atoms with Crippen LogP contribution in [-0.4, -0.2) is 40.8 Å². The number of benzene rings is 1. The molecule has 1 fully saturated rings. The molecule has 3 nitrogen and oxygen atoms in total. The lowest BCUT2D eigenvalue weighted by Gasteiger charge is -2.13. The Morgan fingerprint density at radius 2 is 1.77 bits per heavy atom. The Bertz CT molecular complexity index is 638. The maximum absolute atomic E-state index is 9.13. The highest BCUT2D eigenvalue weighted by Crippen LogP contribution is 2.26. The Balaban J connectivity index is 1.88. The number of aryl methyl sites for hydroxylation is 3. The summed E-state index contributed by atoms with van der Waals surface area (Å²) in [5.41, 5.74) is 5.51. The Morgan fingerprint density at radius 1 is 1.05 bits per heavy atom. The van der Waals surface area contributed by atoms with Crippen LogP contribution in [0.4, 0.5) is 0 Å². The van der Waals surface area contributed by atoms with Crippen LogP contribution in [0.1, 0.15) is 36.0 Å². The van der Waals surface area contributed by atoms with E-state index < -0.39 is 0 Å². The standard InChI is InChI=1S/C19H28N2O/c1-15-12-18-17(6-10-20-7-3-4-8-20)14-21(9-5-11-22)19(18)13-16(15)2/h12-14,22H,3-11H2,1-2H3. The minimum Gasteiger partial charge on any atom is -0.396 e. The molecule has 0 radical (unpaired) electrons. The van der Waals surface area contributed by atoms with E-state index in [1.54, 1.807) is 0 Å². The number of nitrogens with zero attached hydrogens (tertiary/aromatic N) is 2. The molecule has 0 amide bonds. The summed E-state index contributed by atoms with van der Waals surface area (Å²) in [7, 11) is 0. The molecular weight excluding hydrogens is 272 g/mol. The number of likely N-dealkylation sites (tertiary alicyclic amines) is 1. The fourth-order valence-electron chi connectivity index (χ4n) is 3.53. The van der Waals surface area contributed by atoms with Crippen molar-refractivity contribution in [1.29, 1.82) is 0 Å². The van der Waals surface area contributed by atoms with Crippen molar-refractivity contribution < 1.29 is 5.11 Å². The molecule has 0 aliphatic carbocycles. The van der Waals surface area contributed by atoms with Crippen LogP contribution >= 0.6 is 0 Å². The van der Waals surface area contributed by atoms with Gasteiger partial charge in [0.25, 0.3) is 0 Å². The van der Waals surface area contributed by atoms with Gasteiger partial charge >= 0.3 is 0 Å². The van der Waals surface area contributed by atoms with Gasteiger partial charge in [0.15, 0.2) is 0 Å². The average molecular weight is 300 g/mol. The first-order valence-electron chi connectivity index (χ1n) is 8.61. The second-order valence-corrected chi connectivity index (χ2v) is 6.68. The molecule has 0 saturated carbocycles. The summed E-state index contributed by atoms with van der Waals surface area (Å²) >= 11 is 0. The molecule has 1 N–H and O–H groups in total. The highest BCUT2D eigenvalue weighted by Gasteiger charge is 2.14. The lowest BCUT2D eigenvalue weighted by molar-refractivity contribution is 0.280. The number of hydrogen-bond acceptors (Lipinski definition) is 2. The second kappa shape index (κ2) is 6.84. The molecule has 1 aromatic heterocycles. The largest absolute Gasteiger partial charge is 0.396 e. The minimum absolute atomic E-state index is 0.258. The van der Waals surface area contributed by atoms with Crippen molar-refractivity contribution in [2.45, 2.75) is 46.1 Å². The van der Waals surface area contributed by atoms with E-state index in [1.807, 2.05) is 0 Å². The number of aromatic nitrogens is 1. The monoisotopic (exact) mass is 300 g/mol. The normalized spacial score (nSPS) is 16.0. The van der Waals surface area contributed by atoms with Gasteiger partial charge < -0.3 is 14.6 Å². The van der Waals surface area contributed by atoms with Crippen molar-refractivity contribution in [2.24, 2.45) is 0 Å². The van der Waals surface area contributed by atoms with E-state index in [4.69, 9.17) is 5.11 Å². The molecule has 0 atom stereocenters. The summed E-state index contributed by atoms with van der Waals surface area (Å²) in [4.78, 5) is 2.58. The van der Waals surface area contributed by atoms with E-state index in [9.17, 15) is 0 Å². The fraction of sp³-hybridized carbons (Fsp3) is 0.579. The van der Waals surface area contributed by atoms with E-state index in [0.29, 0.717) is 0 Å². The number of hydrogen-bond donors (Lipinski definition) is 1. The van der Waals surface area contributed by atoms with Crippen LogP contribution in [0.3, 0.4) is 0 Å². The van der Waals surface area contributed by atoms with Crippen LogP contribution in [0, 0.1) is 13.8 Å². The summed E-state index contributed by atoms with van der Waals surface area (Å²) < 4.78 is 2.33. The summed E-state index contributed by atoms with van der Waals surface area (Å²) in [6.07, 6.45) is 6.98. The SMILES string of the molecule is Cc1cc2c(CCN3CCCC3)cn(CCCO)c2cc1C. The molecule has 120 valence electrons. The van der Waals surface area contributed by atoms with Gasteiger partial charge in [-0.2, -0.15) is 0 Å². The summed E-state index contributed by atoms with van der Waals surface area (Å²) in [6.45, 7) is 9.24. The minimum atomic E-state index is 0.258. The fourth-order valence-corrected chi connectivity index (χ4v) is 3.53. The third-order valence-corrected chi connectivity index (χ3v) is 5.03. The highest BCUT2D eigenvalue weighted by atomic mass is 16.3. The molecule has 2 aromatic rings. The Labute approximate surface area is 133 Å². The number of rotatable bonds is 6. The number of aliphatic hydroxyl groups is 1. The lowest BCUT2D eigenvalue weighted by Crippen LogP contribution is -2.21. The van der Waals surface area contributed by atoms with Crippen molar-refractivity contribution in [2.75, 3.05) is 26.2 Å². The van der Waals surface area contributed by atoms with Gasteiger partial charge in [-0.15, -0.1) is 0 Å². The van der Waals surface area contributed by atoms with Gasteiger partial charge in [-0.1, -0.05) is 0 Å². The smallest absolute Gasteiger partial charge is 0.0486 e. The van der Waals surface area contributed by atoms with Gasteiger partial charge in [-0.25, -0.2) is 0 Å². The molecule has 0 bridgehead atoms. The molecule has 3 heteroatoms. The van der Waals surface area contributed by atoms with Crippen LogP contribution in [0.2, 0.25) is 0 Å². The van der Waals surface area contributed by atoms with Crippen molar-refractivity contribution in [3.63, 3.8) is 0 Å². The van der Waals surface area contributed by atoms with E-state index in [-0.39, 0.29) is 6.61 Å². The molecule has 0 spiro atoms. The first-order chi connectivity index (χ1) is 10.7. The zero-order valence-electron chi connectivity index (χ0n) is 13.9. The molecular formula is C19H28N2O. The van der Waals surface area contributed by atoms with Gasteiger partial charge in [-0.05, 0) is 81.4 Å².